The lowest BCUT2D eigenvalue weighted by atomic mass is 9.41. The fraction of sp³-hybridized carbons (Fsp3) is 0.862. The van der Waals surface area contributed by atoms with Gasteiger partial charge in [0.05, 0.1) is 28.8 Å². The Morgan fingerprint density at radius 3 is 2.41 bits per heavy atom. The summed E-state index contributed by atoms with van der Waals surface area (Å²) >= 11 is 0. The van der Waals surface area contributed by atoms with Gasteiger partial charge in [-0.15, -0.1) is 0 Å². The summed E-state index contributed by atoms with van der Waals surface area (Å²) < 4.78 is 16.9. The highest BCUT2D eigenvalue weighted by Gasteiger charge is 2.71. The molecule has 0 aromatic rings. The zero-order valence-electron chi connectivity index (χ0n) is 22.7. The molecule has 10 nitrogen and oxygen atoms in total. The molecule has 0 aromatic carbocycles. The van der Waals surface area contributed by atoms with Crippen molar-refractivity contribution >= 4 is 12.3 Å². The first-order valence-corrected chi connectivity index (χ1v) is 14.5. The van der Waals surface area contributed by atoms with Gasteiger partial charge in [-0.05, 0) is 81.6 Å². The van der Waals surface area contributed by atoms with Gasteiger partial charge in [0.25, 0.3) is 0 Å². The molecule has 0 spiro atoms. The van der Waals surface area contributed by atoms with Gasteiger partial charge in [0.15, 0.2) is 6.29 Å². The molecule has 0 bridgehead atoms. The van der Waals surface area contributed by atoms with Gasteiger partial charge in [-0.1, -0.05) is 6.92 Å². The fourth-order valence-corrected chi connectivity index (χ4v) is 9.75. The number of cyclic esters (lactones) is 1. The maximum absolute atomic E-state index is 13.0. The van der Waals surface area contributed by atoms with Gasteiger partial charge < -0.3 is 44.5 Å². The number of aliphatic hydroxyl groups is 5. The van der Waals surface area contributed by atoms with Crippen LogP contribution in [0.3, 0.4) is 0 Å². The molecule has 0 amide bonds. The highest BCUT2D eigenvalue weighted by Crippen LogP contribution is 2.70. The van der Waals surface area contributed by atoms with E-state index in [2.05, 4.69) is 6.92 Å². The normalized spacial score (nSPS) is 55.2. The number of hydrogen-bond donors (Lipinski definition) is 5. The van der Waals surface area contributed by atoms with E-state index in [1.54, 1.807) is 13.0 Å². The molecule has 0 unspecified atom stereocenters. The van der Waals surface area contributed by atoms with Crippen molar-refractivity contribution in [1.29, 1.82) is 0 Å². The number of fused-ring (bicyclic) bond motifs is 5. The zero-order chi connectivity index (χ0) is 28.0. The van der Waals surface area contributed by atoms with E-state index >= 15 is 0 Å². The van der Waals surface area contributed by atoms with Crippen LogP contribution in [-0.4, -0.2) is 92.4 Å². The van der Waals surface area contributed by atoms with E-state index in [9.17, 15) is 35.1 Å². The molecular formula is C29H42O10. The number of aliphatic hydroxyl groups excluding tert-OH is 3. The average molecular weight is 551 g/mol. The Hall–Kier alpha value is -1.40. The van der Waals surface area contributed by atoms with Gasteiger partial charge in [-0.3, -0.25) is 0 Å². The third-order valence-electron chi connectivity index (χ3n) is 12.0. The Morgan fingerprint density at radius 1 is 0.974 bits per heavy atom. The van der Waals surface area contributed by atoms with E-state index in [4.69, 9.17) is 14.2 Å². The van der Waals surface area contributed by atoms with E-state index in [-0.39, 0.29) is 36.8 Å². The van der Waals surface area contributed by atoms with E-state index in [0.717, 1.165) is 18.3 Å². The molecule has 2 aliphatic heterocycles. The summed E-state index contributed by atoms with van der Waals surface area (Å²) in [5, 5.41) is 55.0. The van der Waals surface area contributed by atoms with E-state index in [1.807, 2.05) is 0 Å². The highest BCUT2D eigenvalue weighted by atomic mass is 16.7. The molecule has 5 fully saturated rings. The summed E-state index contributed by atoms with van der Waals surface area (Å²) in [7, 11) is 0. The smallest absolute Gasteiger partial charge is 0.331 e. The maximum Gasteiger partial charge on any atom is 0.331 e. The lowest BCUT2D eigenvalue weighted by molar-refractivity contribution is -0.317. The quantitative estimate of drug-likeness (QED) is 0.192. The van der Waals surface area contributed by atoms with Crippen LogP contribution in [0.15, 0.2) is 11.6 Å². The topological polar surface area (TPSA) is 163 Å². The molecule has 39 heavy (non-hydrogen) atoms. The van der Waals surface area contributed by atoms with E-state index < -0.39 is 58.8 Å². The van der Waals surface area contributed by atoms with Crippen LogP contribution in [0, 0.1) is 28.6 Å². The highest BCUT2D eigenvalue weighted by molar-refractivity contribution is 5.85. The molecule has 0 aromatic heterocycles. The van der Waals surface area contributed by atoms with Crippen molar-refractivity contribution in [2.75, 3.05) is 6.61 Å². The largest absolute Gasteiger partial charge is 0.458 e. The van der Waals surface area contributed by atoms with Crippen molar-refractivity contribution in [1.82, 2.24) is 0 Å². The number of hydrogen-bond acceptors (Lipinski definition) is 10. The standard InChI is InChI=1S/C29H42O10/c1-15-22(32)23(33)24(34)25(38-15)39-17-3-8-27(14-30)19-4-7-26(2)18(16-11-21(31)37-13-16)6-10-29(26,36)20(19)5-9-28(27,35)12-17/h11,14-15,17-20,22-25,32-36H,3-10,12-13H2,1-2H3/t15-,17+,18+,19-,20+,22-,23+,24+,25-,26+,27-,28-,29-/m0/s1. The van der Waals surface area contributed by atoms with Crippen LogP contribution in [0.2, 0.25) is 0 Å². The summed E-state index contributed by atoms with van der Waals surface area (Å²) in [6, 6.07) is 0. The summed E-state index contributed by atoms with van der Waals surface area (Å²) in [4.78, 5) is 24.8. The molecule has 6 aliphatic rings. The molecule has 4 saturated carbocycles. The van der Waals surface area contributed by atoms with Crippen molar-refractivity contribution in [3.63, 3.8) is 0 Å². The van der Waals surface area contributed by atoms with Crippen molar-refractivity contribution in [2.45, 2.75) is 120 Å². The first-order chi connectivity index (χ1) is 18.4. The lowest BCUT2D eigenvalue weighted by Gasteiger charge is -2.65. The summed E-state index contributed by atoms with van der Waals surface area (Å²) in [5.41, 5.74) is -2.86. The summed E-state index contributed by atoms with van der Waals surface area (Å²) in [5.74, 6) is -0.616. The second-order valence-corrected chi connectivity index (χ2v) is 13.4. The van der Waals surface area contributed by atoms with E-state index in [0.29, 0.717) is 44.9 Å². The monoisotopic (exact) mass is 550 g/mol. The molecule has 4 aliphatic carbocycles. The van der Waals surface area contributed by atoms with Crippen LogP contribution in [0.25, 0.3) is 0 Å². The minimum Gasteiger partial charge on any atom is -0.458 e. The molecule has 10 heteroatoms. The predicted molar refractivity (Wildman–Crippen MR) is 135 cm³/mol. The molecule has 218 valence electrons. The minimum absolute atomic E-state index is 0.0465. The molecular weight excluding hydrogens is 508 g/mol. The van der Waals surface area contributed by atoms with Gasteiger partial charge in [-0.2, -0.15) is 0 Å². The van der Waals surface area contributed by atoms with Gasteiger partial charge >= 0.3 is 5.97 Å². The van der Waals surface area contributed by atoms with Gasteiger partial charge in [0.1, 0.15) is 31.2 Å². The van der Waals surface area contributed by atoms with Crippen LogP contribution >= 0.6 is 0 Å². The van der Waals surface area contributed by atoms with Crippen molar-refractivity contribution < 1.29 is 49.3 Å². The van der Waals surface area contributed by atoms with Crippen molar-refractivity contribution in [2.24, 2.45) is 28.6 Å². The van der Waals surface area contributed by atoms with Gasteiger partial charge in [0.2, 0.25) is 0 Å². The Labute approximate surface area is 228 Å². The minimum atomic E-state index is -1.43. The summed E-state index contributed by atoms with van der Waals surface area (Å²) in [6.07, 6.45) is 0.689. The second-order valence-electron chi connectivity index (χ2n) is 13.4. The fourth-order valence-electron chi connectivity index (χ4n) is 9.75. The van der Waals surface area contributed by atoms with E-state index in [1.165, 1.54) is 0 Å². The Morgan fingerprint density at radius 2 is 1.72 bits per heavy atom. The maximum atomic E-state index is 13.0. The SMILES string of the molecule is C[C@@H]1O[C@@H](O[C@@H]2CC[C@]3(C=O)[C@H]4CC[C@]5(C)[C@@H](C6=CC(=O)OC6)CC[C@]5(O)[C@@H]4CC[C@]3(O)C2)[C@H](O)[C@H](O)[C@H]1O. The average Bonchev–Trinajstić information content (AvgIpc) is 3.45. The third kappa shape index (κ3) is 3.78. The number of ether oxygens (including phenoxy) is 3. The van der Waals surface area contributed by atoms with Crippen molar-refractivity contribution in [3.8, 4) is 0 Å². The third-order valence-corrected chi connectivity index (χ3v) is 12.0. The lowest BCUT2D eigenvalue weighted by Crippen LogP contribution is -2.69. The van der Waals surface area contributed by atoms with Crippen LogP contribution in [0.4, 0.5) is 0 Å². The van der Waals surface area contributed by atoms with Crippen LogP contribution in [0.5, 0.6) is 0 Å². The zero-order valence-corrected chi connectivity index (χ0v) is 22.7. The molecule has 1 saturated heterocycles. The Kier molecular flexibility index (Phi) is 6.62. The number of carbonyl (C=O) groups excluding carboxylic acids is 2. The Balaban J connectivity index is 1.22. The number of rotatable bonds is 4. The first-order valence-electron chi connectivity index (χ1n) is 14.5. The predicted octanol–water partition coefficient (Wildman–Crippen LogP) is 0.750. The molecule has 0 radical (unpaired) electrons. The number of esters is 1. The number of aldehydes is 1. The second kappa shape index (κ2) is 9.31. The Bertz CT molecular complexity index is 1050. The van der Waals surface area contributed by atoms with Gasteiger partial charge in [0, 0.05) is 17.9 Å². The van der Waals surface area contributed by atoms with Crippen LogP contribution in [-0.2, 0) is 23.8 Å². The summed E-state index contributed by atoms with van der Waals surface area (Å²) in [6.45, 7) is 3.98. The molecule has 6 rings (SSSR count). The van der Waals surface area contributed by atoms with Crippen LogP contribution in [0.1, 0.15) is 71.6 Å². The number of carbonyl (C=O) groups is 2. The van der Waals surface area contributed by atoms with Crippen molar-refractivity contribution in [3.05, 3.63) is 11.6 Å². The molecule has 2 heterocycles. The molecule has 5 N–H and O–H groups in total. The first kappa shape index (κ1) is 27.8. The van der Waals surface area contributed by atoms with Crippen LogP contribution < -0.4 is 0 Å². The molecule has 13 atom stereocenters. The van der Waals surface area contributed by atoms with Gasteiger partial charge in [-0.25, -0.2) is 4.79 Å².